The molecule has 0 radical (unpaired) electrons. The molecule has 0 unspecified atom stereocenters. The smallest absolute Gasteiger partial charge is 0.255 e. The fraction of sp³-hybridized carbons (Fsp3) is 0.171. The summed E-state index contributed by atoms with van der Waals surface area (Å²) in [6.45, 7) is 1.08. The lowest BCUT2D eigenvalue weighted by Crippen LogP contribution is -2.27. The van der Waals surface area contributed by atoms with Crippen molar-refractivity contribution in [1.29, 1.82) is 0 Å². The van der Waals surface area contributed by atoms with Gasteiger partial charge in [-0.25, -0.2) is 8.42 Å². The van der Waals surface area contributed by atoms with Gasteiger partial charge in [0.25, 0.3) is 0 Å². The molecule has 2 heterocycles. The van der Waals surface area contributed by atoms with E-state index in [4.69, 9.17) is 0 Å². The molecule has 1 fully saturated rings. The van der Waals surface area contributed by atoms with E-state index in [9.17, 15) is 21.6 Å². The second-order valence-corrected chi connectivity index (χ2v) is 12.4. The molecule has 6 rings (SSSR count). The van der Waals surface area contributed by atoms with E-state index in [2.05, 4.69) is 16.8 Å². The molecular formula is C35H27F3N2O2S. The number of nitrogens with zero attached hydrogens (tertiary/aromatic N) is 2. The molecule has 0 atom stereocenters. The van der Waals surface area contributed by atoms with Gasteiger partial charge in [0.2, 0.25) is 10.0 Å². The molecule has 1 saturated heterocycles. The Kier molecular flexibility index (Phi) is 7.78. The van der Waals surface area contributed by atoms with Crippen LogP contribution in [-0.2, 0) is 22.6 Å². The highest BCUT2D eigenvalue weighted by Gasteiger charge is 2.33. The van der Waals surface area contributed by atoms with Crippen LogP contribution >= 0.6 is 0 Å². The van der Waals surface area contributed by atoms with Gasteiger partial charge in [0, 0.05) is 35.8 Å². The van der Waals surface area contributed by atoms with E-state index >= 15 is 0 Å². The normalized spacial score (nSPS) is 14.0. The van der Waals surface area contributed by atoms with Crippen LogP contribution in [0.15, 0.2) is 108 Å². The van der Waals surface area contributed by atoms with Gasteiger partial charge in [-0.2, -0.15) is 17.5 Å². The standard InChI is InChI=1S/C35H27F3N2O2S/c36-35(37,38)32-13-7-12-31-33(29(24-39-34(31)32)23-26-8-2-1-3-9-26)28-11-6-10-27(22-28)15-14-25-16-18-30(19-17-25)43(41,42)40-20-4-5-21-40/h1-3,6-13,16-19,22,24H,4-5,20-21,23H2. The highest BCUT2D eigenvalue weighted by Crippen LogP contribution is 2.39. The Morgan fingerprint density at radius 1 is 0.791 bits per heavy atom. The summed E-state index contributed by atoms with van der Waals surface area (Å²) in [6.07, 6.45) is -0.766. The number of aromatic nitrogens is 1. The predicted molar refractivity (Wildman–Crippen MR) is 162 cm³/mol. The summed E-state index contributed by atoms with van der Waals surface area (Å²) in [5, 5.41) is 0.420. The first-order valence-electron chi connectivity index (χ1n) is 13.9. The largest absolute Gasteiger partial charge is 0.418 e. The van der Waals surface area contributed by atoms with Crippen molar-refractivity contribution in [3.8, 4) is 23.0 Å². The van der Waals surface area contributed by atoms with Crippen LogP contribution in [-0.4, -0.2) is 30.8 Å². The first-order valence-corrected chi connectivity index (χ1v) is 15.4. The van der Waals surface area contributed by atoms with Crippen molar-refractivity contribution in [2.45, 2.75) is 30.3 Å². The molecule has 0 amide bonds. The maximum absolute atomic E-state index is 13.9. The van der Waals surface area contributed by atoms with Crippen molar-refractivity contribution in [2.24, 2.45) is 0 Å². The number of pyridine rings is 1. The molecule has 1 aromatic heterocycles. The Hall–Kier alpha value is -4.45. The Morgan fingerprint density at radius 2 is 1.49 bits per heavy atom. The van der Waals surface area contributed by atoms with Crippen LogP contribution in [0, 0.1) is 11.8 Å². The van der Waals surface area contributed by atoms with E-state index in [1.807, 2.05) is 54.6 Å². The third-order valence-electron chi connectivity index (χ3n) is 7.58. The van der Waals surface area contributed by atoms with Crippen molar-refractivity contribution in [1.82, 2.24) is 9.29 Å². The fourth-order valence-corrected chi connectivity index (χ4v) is 6.99. The highest BCUT2D eigenvalue weighted by atomic mass is 32.2. The van der Waals surface area contributed by atoms with Gasteiger partial charge in [-0.05, 0) is 84.0 Å². The van der Waals surface area contributed by atoms with Crippen molar-refractivity contribution in [3.05, 3.63) is 131 Å². The van der Waals surface area contributed by atoms with E-state index < -0.39 is 21.8 Å². The van der Waals surface area contributed by atoms with Crippen LogP contribution in [0.3, 0.4) is 0 Å². The minimum absolute atomic E-state index is 0.0951. The molecule has 1 aliphatic rings. The Morgan fingerprint density at radius 3 is 2.21 bits per heavy atom. The molecule has 0 N–H and O–H groups in total. The molecule has 5 aromatic rings. The third-order valence-corrected chi connectivity index (χ3v) is 9.49. The van der Waals surface area contributed by atoms with E-state index in [1.54, 1.807) is 30.3 Å². The molecule has 0 aliphatic carbocycles. The van der Waals surface area contributed by atoms with Crippen molar-refractivity contribution < 1.29 is 21.6 Å². The highest BCUT2D eigenvalue weighted by molar-refractivity contribution is 7.89. The average Bonchev–Trinajstić information content (AvgIpc) is 3.56. The van der Waals surface area contributed by atoms with Crippen LogP contribution < -0.4 is 0 Å². The quantitative estimate of drug-likeness (QED) is 0.196. The molecule has 0 saturated carbocycles. The number of hydrogen-bond acceptors (Lipinski definition) is 3. The summed E-state index contributed by atoms with van der Waals surface area (Å²) in [4.78, 5) is 4.53. The number of benzene rings is 4. The lowest BCUT2D eigenvalue weighted by Gasteiger charge is -2.16. The first-order chi connectivity index (χ1) is 20.7. The topological polar surface area (TPSA) is 50.3 Å². The summed E-state index contributed by atoms with van der Waals surface area (Å²) in [5.74, 6) is 6.22. The van der Waals surface area contributed by atoms with Crippen molar-refractivity contribution in [2.75, 3.05) is 13.1 Å². The SMILES string of the molecule is O=S(=O)(c1ccc(C#Cc2cccc(-c3c(Cc4ccccc4)cnc4c(C(F)(F)F)cccc34)c2)cc1)N1CCCC1. The van der Waals surface area contributed by atoms with Gasteiger partial charge in [-0.15, -0.1) is 0 Å². The van der Waals surface area contributed by atoms with Gasteiger partial charge in [-0.1, -0.05) is 66.4 Å². The summed E-state index contributed by atoms with van der Waals surface area (Å²) < 4.78 is 68.9. The average molecular weight is 597 g/mol. The van der Waals surface area contributed by atoms with Crippen LogP contribution in [0.1, 0.15) is 40.7 Å². The van der Waals surface area contributed by atoms with E-state index in [0.29, 0.717) is 41.6 Å². The number of para-hydroxylation sites is 1. The molecule has 8 heteroatoms. The van der Waals surface area contributed by atoms with Gasteiger partial charge in [0.15, 0.2) is 0 Å². The fourth-order valence-electron chi connectivity index (χ4n) is 5.47. The lowest BCUT2D eigenvalue weighted by molar-refractivity contribution is -0.136. The molecule has 0 bridgehead atoms. The number of hydrogen-bond donors (Lipinski definition) is 0. The summed E-state index contributed by atoms with van der Waals surface area (Å²) in [7, 11) is -3.51. The predicted octanol–water partition coefficient (Wildman–Crippen LogP) is 7.70. The van der Waals surface area contributed by atoms with Gasteiger partial charge in [-0.3, -0.25) is 4.98 Å². The van der Waals surface area contributed by atoms with E-state index in [-0.39, 0.29) is 10.4 Å². The number of alkyl halides is 3. The molecule has 216 valence electrons. The van der Waals surface area contributed by atoms with Crippen LogP contribution in [0.2, 0.25) is 0 Å². The molecule has 4 nitrogen and oxygen atoms in total. The Labute approximate surface area is 248 Å². The zero-order valence-corrected chi connectivity index (χ0v) is 23.9. The lowest BCUT2D eigenvalue weighted by atomic mass is 9.91. The van der Waals surface area contributed by atoms with E-state index in [0.717, 1.165) is 35.6 Å². The second-order valence-electron chi connectivity index (χ2n) is 10.5. The van der Waals surface area contributed by atoms with Gasteiger partial charge >= 0.3 is 6.18 Å². The number of halogens is 3. The summed E-state index contributed by atoms with van der Waals surface area (Å²) in [5.41, 5.74) is 3.69. The number of sulfonamides is 1. The first kappa shape index (κ1) is 28.7. The number of fused-ring (bicyclic) bond motifs is 1. The zero-order chi connectivity index (χ0) is 30.0. The summed E-state index contributed by atoms with van der Waals surface area (Å²) in [6, 6.07) is 27.8. The molecule has 43 heavy (non-hydrogen) atoms. The van der Waals surface area contributed by atoms with Crippen molar-refractivity contribution >= 4 is 20.9 Å². The molecule has 1 aliphatic heterocycles. The van der Waals surface area contributed by atoms with Gasteiger partial charge in [0.05, 0.1) is 16.0 Å². The third kappa shape index (κ3) is 6.05. The molecule has 0 spiro atoms. The minimum atomic E-state index is -4.54. The van der Waals surface area contributed by atoms with Crippen LogP contribution in [0.5, 0.6) is 0 Å². The van der Waals surface area contributed by atoms with Crippen LogP contribution in [0.25, 0.3) is 22.0 Å². The van der Waals surface area contributed by atoms with Gasteiger partial charge in [0.1, 0.15) is 0 Å². The Balaban J connectivity index is 1.38. The maximum atomic E-state index is 13.9. The second kappa shape index (κ2) is 11.7. The molecule has 4 aromatic carbocycles. The Bertz CT molecular complexity index is 1950. The maximum Gasteiger partial charge on any atom is 0.418 e. The summed E-state index contributed by atoms with van der Waals surface area (Å²) >= 11 is 0. The zero-order valence-electron chi connectivity index (χ0n) is 23.1. The minimum Gasteiger partial charge on any atom is -0.255 e. The number of rotatable bonds is 5. The van der Waals surface area contributed by atoms with E-state index in [1.165, 1.54) is 16.6 Å². The molecular weight excluding hydrogens is 569 g/mol. The monoisotopic (exact) mass is 596 g/mol. The van der Waals surface area contributed by atoms with Gasteiger partial charge < -0.3 is 0 Å². The van der Waals surface area contributed by atoms with Crippen molar-refractivity contribution in [3.63, 3.8) is 0 Å². The van der Waals surface area contributed by atoms with Crippen LogP contribution in [0.4, 0.5) is 13.2 Å².